The average Bonchev–Trinajstić information content (AvgIpc) is 2.87. The number of nitrogens with zero attached hydrogens (tertiary/aromatic N) is 3. The number of rotatable bonds is 3. The summed E-state index contributed by atoms with van der Waals surface area (Å²) in [6, 6.07) is 8.33. The predicted molar refractivity (Wildman–Crippen MR) is 97.8 cm³/mol. The molecule has 25 heavy (non-hydrogen) atoms. The first-order valence-corrected chi connectivity index (χ1v) is 9.66. The molecule has 0 N–H and O–H groups in total. The predicted octanol–water partition coefficient (Wildman–Crippen LogP) is 2.51. The quantitative estimate of drug-likeness (QED) is 0.848. The first-order valence-electron chi connectivity index (χ1n) is 9.66. The maximum absolute atomic E-state index is 12.8. The van der Waals surface area contributed by atoms with E-state index in [0.717, 1.165) is 62.9 Å². The van der Waals surface area contributed by atoms with Gasteiger partial charge in [-0.05, 0) is 49.9 Å². The highest BCUT2D eigenvalue weighted by Gasteiger charge is 2.28. The van der Waals surface area contributed by atoms with E-state index < -0.39 is 0 Å². The Bertz CT molecular complexity index is 639. The Kier molecular flexibility index (Phi) is 4.75. The van der Waals surface area contributed by atoms with Gasteiger partial charge in [0.15, 0.2) is 0 Å². The number of amides is 2. The van der Waals surface area contributed by atoms with Gasteiger partial charge in [0, 0.05) is 56.4 Å². The highest BCUT2D eigenvalue weighted by atomic mass is 16.2. The van der Waals surface area contributed by atoms with Crippen molar-refractivity contribution in [1.82, 2.24) is 9.80 Å². The van der Waals surface area contributed by atoms with Crippen LogP contribution in [0.2, 0.25) is 0 Å². The van der Waals surface area contributed by atoms with Crippen LogP contribution < -0.4 is 4.90 Å². The topological polar surface area (TPSA) is 43.9 Å². The fraction of sp³-hybridized carbons (Fsp3) is 0.600. The van der Waals surface area contributed by atoms with Crippen LogP contribution >= 0.6 is 0 Å². The summed E-state index contributed by atoms with van der Waals surface area (Å²) >= 11 is 0. The highest BCUT2D eigenvalue weighted by Crippen LogP contribution is 2.26. The summed E-state index contributed by atoms with van der Waals surface area (Å²) in [5.74, 6) is 0.303. The molecule has 0 aromatic heterocycles. The molecule has 134 valence electrons. The van der Waals surface area contributed by atoms with Gasteiger partial charge >= 0.3 is 0 Å². The van der Waals surface area contributed by atoms with Crippen LogP contribution in [0.25, 0.3) is 0 Å². The largest absolute Gasteiger partial charge is 0.337 e. The van der Waals surface area contributed by atoms with Crippen molar-refractivity contribution in [1.29, 1.82) is 0 Å². The van der Waals surface area contributed by atoms with E-state index in [-0.39, 0.29) is 11.8 Å². The Hall–Kier alpha value is -1.88. The second-order valence-corrected chi connectivity index (χ2v) is 7.46. The van der Waals surface area contributed by atoms with Crippen LogP contribution in [0.1, 0.15) is 48.9 Å². The smallest absolute Gasteiger partial charge is 0.253 e. The Morgan fingerprint density at radius 3 is 2.32 bits per heavy atom. The molecule has 2 saturated heterocycles. The van der Waals surface area contributed by atoms with Gasteiger partial charge in [-0.15, -0.1) is 0 Å². The van der Waals surface area contributed by atoms with Gasteiger partial charge in [0.05, 0.1) is 0 Å². The zero-order chi connectivity index (χ0) is 17.2. The van der Waals surface area contributed by atoms with Gasteiger partial charge in [-0.1, -0.05) is 6.42 Å². The lowest BCUT2D eigenvalue weighted by molar-refractivity contribution is -0.117. The van der Waals surface area contributed by atoms with Gasteiger partial charge in [0.2, 0.25) is 5.91 Å². The van der Waals surface area contributed by atoms with Crippen molar-refractivity contribution in [3.05, 3.63) is 29.8 Å². The van der Waals surface area contributed by atoms with Crippen molar-refractivity contribution < 1.29 is 9.59 Å². The van der Waals surface area contributed by atoms with E-state index in [1.807, 2.05) is 34.1 Å². The minimum atomic E-state index is 0.120. The van der Waals surface area contributed by atoms with Gasteiger partial charge in [0.1, 0.15) is 0 Å². The number of anilines is 1. The van der Waals surface area contributed by atoms with Crippen molar-refractivity contribution in [2.45, 2.75) is 44.6 Å². The van der Waals surface area contributed by atoms with Crippen LogP contribution in [0.5, 0.6) is 0 Å². The SMILES string of the molecule is O=C(c1ccc(N2CCCC2=O)cc1)N1CCCN(C2CCC2)CC1. The maximum Gasteiger partial charge on any atom is 0.253 e. The fourth-order valence-electron chi connectivity index (χ4n) is 4.15. The lowest BCUT2D eigenvalue weighted by atomic mass is 9.91. The molecule has 0 radical (unpaired) electrons. The zero-order valence-electron chi connectivity index (χ0n) is 14.8. The average molecular weight is 341 g/mol. The van der Waals surface area contributed by atoms with E-state index in [4.69, 9.17) is 0 Å². The van der Waals surface area contributed by atoms with Crippen molar-refractivity contribution in [3.63, 3.8) is 0 Å². The maximum atomic E-state index is 12.8. The first-order chi connectivity index (χ1) is 12.2. The fourth-order valence-corrected chi connectivity index (χ4v) is 4.15. The standard InChI is InChI=1S/C20H27N3O2/c24-19-6-2-13-23(19)18-9-7-16(8-10-18)20(25)22-12-3-11-21(14-15-22)17-4-1-5-17/h7-10,17H,1-6,11-15H2. The molecule has 0 bridgehead atoms. The van der Waals surface area contributed by atoms with Gasteiger partial charge < -0.3 is 9.80 Å². The van der Waals surface area contributed by atoms with E-state index in [2.05, 4.69) is 4.90 Å². The van der Waals surface area contributed by atoms with Gasteiger partial charge in [-0.25, -0.2) is 0 Å². The summed E-state index contributed by atoms with van der Waals surface area (Å²) in [6.45, 7) is 4.56. The molecule has 1 aromatic rings. The Morgan fingerprint density at radius 2 is 1.68 bits per heavy atom. The molecule has 5 nitrogen and oxygen atoms in total. The van der Waals surface area contributed by atoms with Crippen molar-refractivity contribution >= 4 is 17.5 Å². The van der Waals surface area contributed by atoms with E-state index in [1.54, 1.807) is 0 Å². The Morgan fingerprint density at radius 1 is 0.880 bits per heavy atom. The minimum Gasteiger partial charge on any atom is -0.337 e. The summed E-state index contributed by atoms with van der Waals surface area (Å²) in [6.07, 6.45) is 6.62. The minimum absolute atomic E-state index is 0.120. The lowest BCUT2D eigenvalue weighted by Crippen LogP contribution is -2.42. The van der Waals surface area contributed by atoms with Crippen LogP contribution in [0, 0.1) is 0 Å². The normalized spacial score (nSPS) is 22.8. The Balaban J connectivity index is 1.39. The molecule has 1 aromatic carbocycles. The number of carbonyl (C=O) groups excluding carboxylic acids is 2. The van der Waals surface area contributed by atoms with Crippen LogP contribution in [0.15, 0.2) is 24.3 Å². The summed E-state index contributed by atoms with van der Waals surface area (Å²) in [5, 5.41) is 0. The first kappa shape index (κ1) is 16.6. The summed E-state index contributed by atoms with van der Waals surface area (Å²) in [5.41, 5.74) is 1.64. The number of hydrogen-bond donors (Lipinski definition) is 0. The van der Waals surface area contributed by atoms with Crippen LogP contribution in [0.4, 0.5) is 5.69 Å². The monoisotopic (exact) mass is 341 g/mol. The molecule has 2 amide bonds. The third kappa shape index (κ3) is 3.43. The van der Waals surface area contributed by atoms with E-state index >= 15 is 0 Å². The van der Waals surface area contributed by atoms with Crippen molar-refractivity contribution in [3.8, 4) is 0 Å². The van der Waals surface area contributed by atoms with Gasteiger partial charge in [-0.2, -0.15) is 0 Å². The van der Waals surface area contributed by atoms with Gasteiger partial charge in [0.25, 0.3) is 5.91 Å². The molecular formula is C20H27N3O2. The summed E-state index contributed by atoms with van der Waals surface area (Å²) in [4.78, 5) is 31.1. The molecule has 3 aliphatic rings. The molecule has 2 aliphatic heterocycles. The molecule has 0 atom stereocenters. The van der Waals surface area contributed by atoms with Gasteiger partial charge in [-0.3, -0.25) is 14.5 Å². The van der Waals surface area contributed by atoms with Crippen LogP contribution in [-0.2, 0) is 4.79 Å². The van der Waals surface area contributed by atoms with Crippen LogP contribution in [-0.4, -0.2) is 60.4 Å². The number of carbonyl (C=O) groups is 2. The molecule has 0 spiro atoms. The molecule has 5 heteroatoms. The molecule has 0 unspecified atom stereocenters. The van der Waals surface area contributed by atoms with Crippen molar-refractivity contribution in [2.75, 3.05) is 37.6 Å². The second-order valence-electron chi connectivity index (χ2n) is 7.46. The third-order valence-corrected chi connectivity index (χ3v) is 5.91. The number of hydrogen-bond acceptors (Lipinski definition) is 3. The lowest BCUT2D eigenvalue weighted by Gasteiger charge is -2.36. The van der Waals surface area contributed by atoms with E-state index in [1.165, 1.54) is 19.3 Å². The molecule has 2 heterocycles. The molecule has 4 rings (SSSR count). The molecular weight excluding hydrogens is 314 g/mol. The molecule has 1 saturated carbocycles. The van der Waals surface area contributed by atoms with Crippen molar-refractivity contribution in [2.24, 2.45) is 0 Å². The summed E-state index contributed by atoms with van der Waals surface area (Å²) < 4.78 is 0. The second kappa shape index (κ2) is 7.16. The highest BCUT2D eigenvalue weighted by molar-refractivity contribution is 5.97. The molecule has 3 fully saturated rings. The van der Waals surface area contributed by atoms with E-state index in [0.29, 0.717) is 6.42 Å². The van der Waals surface area contributed by atoms with Crippen LogP contribution in [0.3, 0.4) is 0 Å². The zero-order valence-corrected chi connectivity index (χ0v) is 14.8. The number of benzene rings is 1. The van der Waals surface area contributed by atoms with E-state index in [9.17, 15) is 9.59 Å². The third-order valence-electron chi connectivity index (χ3n) is 5.91. The Labute approximate surface area is 149 Å². The summed E-state index contributed by atoms with van der Waals surface area (Å²) in [7, 11) is 0. The molecule has 1 aliphatic carbocycles.